The molecule has 8 nitrogen and oxygen atoms in total. The van der Waals surface area contributed by atoms with Crippen molar-refractivity contribution in [3.05, 3.63) is 23.5 Å². The number of pyridine rings is 1. The average molecular weight is 273 g/mol. The van der Waals surface area contributed by atoms with Gasteiger partial charge in [-0.1, -0.05) is 0 Å². The van der Waals surface area contributed by atoms with Gasteiger partial charge in [-0.2, -0.15) is 0 Å². The maximum absolute atomic E-state index is 11.7. The van der Waals surface area contributed by atoms with Gasteiger partial charge >= 0.3 is 0 Å². The number of nitrogens with one attached hydrogen (secondary N) is 2. The third-order valence-corrected chi connectivity index (χ3v) is 2.89. The van der Waals surface area contributed by atoms with Crippen LogP contribution >= 0.6 is 0 Å². The van der Waals surface area contributed by atoms with E-state index in [0.29, 0.717) is 11.4 Å². The predicted octanol–water partition coefficient (Wildman–Crippen LogP) is -1.31. The van der Waals surface area contributed by atoms with Crippen molar-refractivity contribution in [1.82, 2.24) is 10.3 Å². The lowest BCUT2D eigenvalue weighted by molar-refractivity contribution is 0.0956. The van der Waals surface area contributed by atoms with Gasteiger partial charge in [0.2, 0.25) is 10.0 Å². The number of primary sulfonamides is 1. The number of carbonyl (C=O) groups excluding carboxylic acids is 1. The highest BCUT2D eigenvalue weighted by molar-refractivity contribution is 7.89. The van der Waals surface area contributed by atoms with Gasteiger partial charge < -0.3 is 10.7 Å². The maximum Gasteiger partial charge on any atom is 0.255 e. The van der Waals surface area contributed by atoms with Crippen LogP contribution in [-0.2, 0) is 10.0 Å². The summed E-state index contributed by atoms with van der Waals surface area (Å²) in [6.07, 6.45) is 1.36. The lowest BCUT2D eigenvalue weighted by Crippen LogP contribution is -2.32. The Morgan fingerprint density at radius 2 is 2.17 bits per heavy atom. The first-order valence-corrected chi connectivity index (χ1v) is 6.77. The van der Waals surface area contributed by atoms with E-state index in [1.54, 1.807) is 13.0 Å². The standard InChI is InChI=1S/C9H15N5O3S/c1-6-4-8(14-10)7(5-13-6)9(15)12-2-3-18(11,16)17/h4-5H,2-3,10H2,1H3,(H,12,15)(H,13,14)(H2,11,16,17). The van der Waals surface area contributed by atoms with Crippen molar-refractivity contribution < 1.29 is 13.2 Å². The summed E-state index contributed by atoms with van der Waals surface area (Å²) in [6, 6.07) is 1.61. The zero-order valence-corrected chi connectivity index (χ0v) is 10.6. The molecule has 9 heteroatoms. The maximum atomic E-state index is 11.7. The molecule has 0 unspecified atom stereocenters. The molecule has 0 spiro atoms. The van der Waals surface area contributed by atoms with E-state index >= 15 is 0 Å². The highest BCUT2D eigenvalue weighted by Gasteiger charge is 2.12. The lowest BCUT2D eigenvalue weighted by atomic mass is 10.2. The van der Waals surface area contributed by atoms with Gasteiger partial charge in [-0.3, -0.25) is 15.6 Å². The molecule has 0 aliphatic carbocycles. The molecule has 0 aliphatic rings. The fraction of sp³-hybridized carbons (Fsp3) is 0.333. The van der Waals surface area contributed by atoms with E-state index in [-0.39, 0.29) is 17.9 Å². The number of aryl methyl sites for hydroxylation is 1. The van der Waals surface area contributed by atoms with Gasteiger partial charge in [0.05, 0.1) is 17.0 Å². The van der Waals surface area contributed by atoms with Crippen molar-refractivity contribution in [3.63, 3.8) is 0 Å². The Hall–Kier alpha value is -1.71. The van der Waals surface area contributed by atoms with E-state index in [1.165, 1.54) is 6.20 Å². The van der Waals surface area contributed by atoms with Gasteiger partial charge in [-0.15, -0.1) is 0 Å². The fourth-order valence-corrected chi connectivity index (χ4v) is 1.65. The number of aromatic nitrogens is 1. The molecule has 1 rings (SSSR count). The van der Waals surface area contributed by atoms with E-state index in [0.717, 1.165) is 0 Å². The molecule has 0 aromatic carbocycles. The third-order valence-electron chi connectivity index (χ3n) is 2.11. The van der Waals surface area contributed by atoms with Gasteiger partial charge in [0.1, 0.15) is 0 Å². The lowest BCUT2D eigenvalue weighted by Gasteiger charge is -2.09. The number of nitrogen functional groups attached to an aromatic ring is 1. The highest BCUT2D eigenvalue weighted by Crippen LogP contribution is 2.13. The van der Waals surface area contributed by atoms with Crippen LogP contribution in [0.2, 0.25) is 0 Å². The van der Waals surface area contributed by atoms with E-state index in [1.807, 2.05) is 0 Å². The van der Waals surface area contributed by atoms with Gasteiger partial charge in [0.15, 0.2) is 0 Å². The van der Waals surface area contributed by atoms with Crippen molar-refractivity contribution in [2.45, 2.75) is 6.92 Å². The molecular weight excluding hydrogens is 258 g/mol. The second-order valence-electron chi connectivity index (χ2n) is 3.64. The van der Waals surface area contributed by atoms with Crippen LogP contribution in [0.3, 0.4) is 0 Å². The van der Waals surface area contributed by atoms with Crippen molar-refractivity contribution in [2.75, 3.05) is 17.7 Å². The zero-order valence-electron chi connectivity index (χ0n) is 9.80. The molecule has 0 fully saturated rings. The minimum atomic E-state index is -3.60. The molecule has 1 heterocycles. The fourth-order valence-electron chi connectivity index (χ4n) is 1.26. The minimum absolute atomic E-state index is 0.0739. The van der Waals surface area contributed by atoms with Gasteiger partial charge in [0, 0.05) is 18.4 Å². The van der Waals surface area contributed by atoms with Crippen LogP contribution in [0, 0.1) is 6.92 Å². The van der Waals surface area contributed by atoms with E-state index in [4.69, 9.17) is 11.0 Å². The summed E-state index contributed by atoms with van der Waals surface area (Å²) in [4.78, 5) is 15.7. The summed E-state index contributed by atoms with van der Waals surface area (Å²) < 4.78 is 21.4. The first-order chi connectivity index (χ1) is 8.33. The number of hydrazine groups is 1. The third kappa shape index (κ3) is 4.28. The van der Waals surface area contributed by atoms with Gasteiger partial charge in [-0.25, -0.2) is 13.6 Å². The molecule has 18 heavy (non-hydrogen) atoms. The summed E-state index contributed by atoms with van der Waals surface area (Å²) >= 11 is 0. The summed E-state index contributed by atoms with van der Waals surface area (Å²) in [5, 5.41) is 7.23. The Kier molecular flexibility index (Phi) is 4.59. The number of amides is 1. The molecule has 6 N–H and O–H groups in total. The van der Waals surface area contributed by atoms with Crippen LogP contribution in [0.25, 0.3) is 0 Å². The van der Waals surface area contributed by atoms with Crippen LogP contribution in [0.5, 0.6) is 0 Å². The number of sulfonamides is 1. The van der Waals surface area contributed by atoms with E-state index in [2.05, 4.69) is 15.7 Å². The molecule has 100 valence electrons. The number of nitrogens with two attached hydrogens (primary N) is 2. The Balaban J connectivity index is 2.73. The molecule has 0 atom stereocenters. The summed E-state index contributed by atoms with van der Waals surface area (Å²) in [5.41, 5.74) is 3.72. The van der Waals surface area contributed by atoms with E-state index in [9.17, 15) is 13.2 Å². The number of hydrogen-bond donors (Lipinski definition) is 4. The van der Waals surface area contributed by atoms with Crippen molar-refractivity contribution in [2.24, 2.45) is 11.0 Å². The molecule has 1 aromatic rings. The smallest absolute Gasteiger partial charge is 0.255 e. The Morgan fingerprint density at radius 1 is 1.50 bits per heavy atom. The van der Waals surface area contributed by atoms with Crippen LogP contribution in [0.15, 0.2) is 12.3 Å². The molecule has 0 radical (unpaired) electrons. The summed E-state index contributed by atoms with van der Waals surface area (Å²) in [7, 11) is -3.60. The monoisotopic (exact) mass is 273 g/mol. The molecule has 1 aromatic heterocycles. The van der Waals surface area contributed by atoms with Crippen LogP contribution < -0.4 is 21.7 Å². The molecule has 0 saturated heterocycles. The van der Waals surface area contributed by atoms with Crippen LogP contribution in [0.1, 0.15) is 16.1 Å². The number of rotatable bonds is 5. The Morgan fingerprint density at radius 3 is 2.72 bits per heavy atom. The van der Waals surface area contributed by atoms with Gasteiger partial charge in [-0.05, 0) is 13.0 Å². The predicted molar refractivity (Wildman–Crippen MR) is 67.1 cm³/mol. The van der Waals surface area contributed by atoms with Crippen LogP contribution in [0.4, 0.5) is 5.69 Å². The largest absolute Gasteiger partial charge is 0.351 e. The quantitative estimate of drug-likeness (QED) is 0.388. The number of hydrogen-bond acceptors (Lipinski definition) is 6. The second kappa shape index (κ2) is 5.76. The van der Waals surface area contributed by atoms with E-state index < -0.39 is 15.9 Å². The average Bonchev–Trinajstić information content (AvgIpc) is 2.26. The molecule has 0 aliphatic heterocycles. The molecule has 0 bridgehead atoms. The van der Waals surface area contributed by atoms with Crippen molar-refractivity contribution in [3.8, 4) is 0 Å². The molecule has 1 amide bonds. The molecular formula is C9H15N5O3S. The number of carbonyl (C=O) groups is 1. The molecule has 0 saturated carbocycles. The first kappa shape index (κ1) is 14.4. The normalized spacial score (nSPS) is 11.1. The second-order valence-corrected chi connectivity index (χ2v) is 5.37. The van der Waals surface area contributed by atoms with Crippen molar-refractivity contribution >= 4 is 21.6 Å². The Bertz CT molecular complexity index is 543. The zero-order chi connectivity index (χ0) is 13.8. The minimum Gasteiger partial charge on any atom is -0.351 e. The topological polar surface area (TPSA) is 140 Å². The summed E-state index contributed by atoms with van der Waals surface area (Å²) in [5.74, 6) is 4.48. The first-order valence-electron chi connectivity index (χ1n) is 5.05. The Labute approximate surface area is 105 Å². The van der Waals surface area contributed by atoms with Gasteiger partial charge in [0.25, 0.3) is 5.91 Å². The number of nitrogens with zero attached hydrogens (tertiary/aromatic N) is 1. The SMILES string of the molecule is Cc1cc(NN)c(C(=O)NCCS(N)(=O)=O)cn1. The number of anilines is 1. The summed E-state index contributed by atoms with van der Waals surface area (Å²) in [6.45, 7) is 1.68. The highest BCUT2D eigenvalue weighted by atomic mass is 32.2. The van der Waals surface area contributed by atoms with Crippen molar-refractivity contribution in [1.29, 1.82) is 0 Å². The van der Waals surface area contributed by atoms with Crippen LogP contribution in [-0.4, -0.2) is 31.6 Å².